The average Bonchev–Trinajstić information content (AvgIpc) is 3.78. The second kappa shape index (κ2) is 13.6. The Kier molecular flexibility index (Phi) is 9.04. The minimum Gasteiger partial charge on any atom is -0.497 e. The third-order valence-corrected chi connectivity index (χ3v) is 9.90. The number of esters is 1. The van der Waals surface area contributed by atoms with Gasteiger partial charge in [0.2, 0.25) is 5.91 Å². The number of aliphatic hydroxyl groups is 1. The van der Waals surface area contributed by atoms with Crippen LogP contribution in [0.1, 0.15) is 29.5 Å². The molecule has 3 aliphatic heterocycles. The Morgan fingerprint density at radius 1 is 0.740 bits per heavy atom. The molecule has 0 radical (unpaired) electrons. The molecule has 4 aromatic rings. The second-order valence-corrected chi connectivity index (χ2v) is 12.6. The summed E-state index contributed by atoms with van der Waals surface area (Å²) in [6.07, 6.45) is -6.00. The van der Waals surface area contributed by atoms with Gasteiger partial charge < -0.3 is 33.9 Å². The van der Waals surface area contributed by atoms with Crippen LogP contribution in [0.4, 0.5) is 5.69 Å². The van der Waals surface area contributed by atoms with Crippen LogP contribution in [0.15, 0.2) is 109 Å². The van der Waals surface area contributed by atoms with E-state index in [1.807, 2.05) is 84.9 Å². The Labute approximate surface area is 288 Å². The lowest BCUT2D eigenvalue weighted by Crippen LogP contribution is -2.54. The molecule has 7 atom stereocenters. The van der Waals surface area contributed by atoms with E-state index in [-0.39, 0.29) is 12.3 Å². The number of carbonyl (C=O) groups is 3. The van der Waals surface area contributed by atoms with Gasteiger partial charge in [-0.15, -0.1) is 0 Å². The number of benzene rings is 4. The Hall–Kier alpha value is -5.23. The number of hydrogen-bond acceptors (Lipinski definition) is 9. The van der Waals surface area contributed by atoms with Crippen LogP contribution in [0, 0.1) is 11.8 Å². The Balaban J connectivity index is 1.37. The molecule has 0 saturated carbocycles. The molecule has 11 heteroatoms. The molecule has 4 aromatic carbocycles. The highest BCUT2D eigenvalue weighted by Crippen LogP contribution is 2.55. The fourth-order valence-corrected chi connectivity index (χ4v) is 7.64. The van der Waals surface area contributed by atoms with E-state index >= 15 is 0 Å². The number of aliphatic carboxylic acids is 1. The molecule has 3 heterocycles. The number of carbonyl (C=O) groups excluding carboxylic acids is 2. The van der Waals surface area contributed by atoms with Gasteiger partial charge in [-0.05, 0) is 53.1 Å². The van der Waals surface area contributed by atoms with Gasteiger partial charge in [0, 0.05) is 11.6 Å². The first kappa shape index (κ1) is 33.3. The van der Waals surface area contributed by atoms with Crippen molar-refractivity contribution in [3.63, 3.8) is 0 Å². The molecule has 2 N–H and O–H groups in total. The van der Waals surface area contributed by atoms with Crippen molar-refractivity contribution < 1.29 is 48.3 Å². The summed E-state index contributed by atoms with van der Waals surface area (Å²) in [7, 11) is 3.16. The lowest BCUT2D eigenvalue weighted by atomic mass is 9.75. The largest absolute Gasteiger partial charge is 0.497 e. The van der Waals surface area contributed by atoms with Crippen molar-refractivity contribution in [2.75, 3.05) is 19.1 Å². The van der Waals surface area contributed by atoms with E-state index in [1.165, 1.54) is 4.90 Å². The number of fused-ring (bicyclic) bond motifs is 5. The second-order valence-electron chi connectivity index (χ2n) is 12.6. The Morgan fingerprint density at radius 3 is 1.82 bits per heavy atom. The van der Waals surface area contributed by atoms with Crippen LogP contribution in [0.2, 0.25) is 0 Å². The van der Waals surface area contributed by atoms with E-state index in [1.54, 1.807) is 38.5 Å². The van der Waals surface area contributed by atoms with Crippen molar-refractivity contribution in [2.24, 2.45) is 11.8 Å². The number of ether oxygens (including phenoxy) is 5. The van der Waals surface area contributed by atoms with E-state index in [0.717, 1.165) is 5.56 Å². The number of anilines is 1. The molecule has 1 amide bonds. The molecule has 7 rings (SSSR count). The van der Waals surface area contributed by atoms with Crippen LogP contribution in [0.5, 0.6) is 11.5 Å². The zero-order chi connectivity index (χ0) is 35.0. The molecule has 0 aliphatic carbocycles. The summed E-state index contributed by atoms with van der Waals surface area (Å²) < 4.78 is 30.8. The molecule has 7 unspecified atom stereocenters. The van der Waals surface area contributed by atoms with Gasteiger partial charge in [-0.3, -0.25) is 19.3 Å². The van der Waals surface area contributed by atoms with Crippen LogP contribution in [-0.2, 0) is 34.2 Å². The van der Waals surface area contributed by atoms with Crippen LogP contribution in [0.25, 0.3) is 0 Å². The summed E-state index contributed by atoms with van der Waals surface area (Å²) in [5, 5.41) is 20.9. The third-order valence-electron chi connectivity index (χ3n) is 9.90. The molecule has 0 aromatic heterocycles. The maximum atomic E-state index is 14.2. The summed E-state index contributed by atoms with van der Waals surface area (Å²) in [6.45, 7) is 0. The monoisotopic (exact) mass is 679 g/mol. The van der Waals surface area contributed by atoms with Crippen LogP contribution >= 0.6 is 0 Å². The summed E-state index contributed by atoms with van der Waals surface area (Å²) in [5.74, 6) is -2.51. The lowest BCUT2D eigenvalue weighted by molar-refractivity contribution is -0.172. The highest BCUT2D eigenvalue weighted by Gasteiger charge is 2.71. The first-order valence-corrected chi connectivity index (χ1v) is 16.4. The minimum absolute atomic E-state index is 0.329. The van der Waals surface area contributed by atoms with Crippen LogP contribution in [-0.4, -0.2) is 72.9 Å². The maximum Gasteiger partial charge on any atom is 0.306 e. The lowest BCUT2D eigenvalue weighted by Gasteiger charge is -2.42. The van der Waals surface area contributed by atoms with E-state index in [9.17, 15) is 24.6 Å². The van der Waals surface area contributed by atoms with Crippen molar-refractivity contribution in [3.8, 4) is 11.5 Å². The van der Waals surface area contributed by atoms with Crippen LogP contribution in [0.3, 0.4) is 0 Å². The summed E-state index contributed by atoms with van der Waals surface area (Å²) in [5.41, 5.74) is 1.36. The fourth-order valence-electron chi connectivity index (χ4n) is 7.64. The van der Waals surface area contributed by atoms with Crippen molar-refractivity contribution in [2.45, 2.75) is 49.1 Å². The molecule has 11 nitrogen and oxygen atoms in total. The molecule has 2 bridgehead atoms. The van der Waals surface area contributed by atoms with Crippen molar-refractivity contribution in [3.05, 3.63) is 126 Å². The van der Waals surface area contributed by atoms with Gasteiger partial charge in [0.05, 0.1) is 33.0 Å². The van der Waals surface area contributed by atoms with E-state index in [0.29, 0.717) is 28.3 Å². The molecular formula is C39H37NO10. The number of nitrogens with zero attached hydrogens (tertiary/aromatic N) is 1. The number of amides is 1. The molecule has 50 heavy (non-hydrogen) atoms. The van der Waals surface area contributed by atoms with Gasteiger partial charge in [0.15, 0.2) is 6.10 Å². The van der Waals surface area contributed by atoms with E-state index in [4.69, 9.17) is 23.7 Å². The minimum atomic E-state index is -1.35. The predicted molar refractivity (Wildman–Crippen MR) is 180 cm³/mol. The number of methoxy groups -OCH3 is 2. The van der Waals surface area contributed by atoms with Gasteiger partial charge >= 0.3 is 11.9 Å². The van der Waals surface area contributed by atoms with E-state index in [2.05, 4.69) is 0 Å². The normalized spacial score (nSPS) is 25.3. The third kappa shape index (κ3) is 5.67. The van der Waals surface area contributed by atoms with Gasteiger partial charge in [0.1, 0.15) is 41.6 Å². The summed E-state index contributed by atoms with van der Waals surface area (Å²) >= 11 is 0. The number of carboxylic acids is 1. The Bertz CT molecular complexity index is 1790. The maximum absolute atomic E-state index is 14.2. The quantitative estimate of drug-likeness (QED) is 0.162. The number of aliphatic hydroxyl groups excluding tert-OH is 1. The summed E-state index contributed by atoms with van der Waals surface area (Å²) in [4.78, 5) is 40.1. The topological polar surface area (TPSA) is 141 Å². The van der Waals surface area contributed by atoms with Crippen molar-refractivity contribution >= 4 is 23.5 Å². The SMILES string of the molecule is COc1ccc(C(OC2C(OC(=O)CCC(=O)O)C3OC2C2C(=O)N(c4ccccc4)C(O)C32)(c2ccccc2)c2ccc(OC)cc2)cc1. The number of carboxylic acid groups (broad SMARTS) is 1. The highest BCUT2D eigenvalue weighted by atomic mass is 16.6. The molecule has 3 fully saturated rings. The van der Waals surface area contributed by atoms with Gasteiger partial charge in [-0.2, -0.15) is 0 Å². The number of para-hydroxylation sites is 1. The highest BCUT2D eigenvalue weighted by molar-refractivity contribution is 5.99. The molecular weight excluding hydrogens is 642 g/mol. The average molecular weight is 680 g/mol. The van der Waals surface area contributed by atoms with Gasteiger partial charge in [0.25, 0.3) is 0 Å². The molecule has 3 aliphatic rings. The van der Waals surface area contributed by atoms with Gasteiger partial charge in [-0.1, -0.05) is 72.8 Å². The van der Waals surface area contributed by atoms with Crippen molar-refractivity contribution in [1.82, 2.24) is 0 Å². The number of hydrogen-bond donors (Lipinski definition) is 2. The smallest absolute Gasteiger partial charge is 0.306 e. The first-order valence-electron chi connectivity index (χ1n) is 16.4. The van der Waals surface area contributed by atoms with E-state index < -0.39 is 66.4 Å². The zero-order valence-electron chi connectivity index (χ0n) is 27.5. The van der Waals surface area contributed by atoms with Crippen LogP contribution < -0.4 is 14.4 Å². The standard InChI is InChI=1S/C39H37NO10/c1-46-27-17-13-24(14-18-27)39(23-9-5-3-6-10-23,25-15-19-28(47-2)20-16-25)50-36-34-32-31(33(49-34)35(36)48-30(43)22-21-29(41)42)37(44)40(38(32)45)26-11-7-4-8-12-26/h3-20,31-37,44H,21-22H2,1-2H3,(H,41,42). The zero-order valence-corrected chi connectivity index (χ0v) is 27.5. The molecule has 3 saturated heterocycles. The Morgan fingerprint density at radius 2 is 1.28 bits per heavy atom. The predicted octanol–water partition coefficient (Wildman–Crippen LogP) is 4.54. The molecule has 0 spiro atoms. The fraction of sp³-hybridized carbons (Fsp3) is 0.308. The van der Waals surface area contributed by atoms with Crippen molar-refractivity contribution in [1.29, 1.82) is 0 Å². The van der Waals surface area contributed by atoms with Gasteiger partial charge in [-0.25, -0.2) is 0 Å². The number of rotatable bonds is 12. The molecule has 258 valence electrons. The first-order chi connectivity index (χ1) is 24.3. The summed E-state index contributed by atoms with van der Waals surface area (Å²) in [6, 6.07) is 33.3.